The lowest BCUT2D eigenvalue weighted by Gasteiger charge is -2.12. The van der Waals surface area contributed by atoms with Crippen molar-refractivity contribution < 1.29 is 13.9 Å². The monoisotopic (exact) mass is 346 g/mol. The molecule has 0 radical (unpaired) electrons. The summed E-state index contributed by atoms with van der Waals surface area (Å²) < 4.78 is 26.8. The maximum atomic E-state index is 13.1. The average Bonchev–Trinajstić information content (AvgIpc) is 2.31. The minimum atomic E-state index is -0.852. The molecule has 1 nitrogen and oxygen atoms in total. The van der Waals surface area contributed by atoms with Gasteiger partial charge in [-0.15, -0.1) is 0 Å². The number of rotatable bonds is 3. The van der Waals surface area contributed by atoms with E-state index >= 15 is 0 Å². The Kier molecular flexibility index (Phi) is 4.55. The Morgan fingerprint density at radius 1 is 1.11 bits per heavy atom. The van der Waals surface area contributed by atoms with E-state index in [2.05, 4.69) is 15.9 Å². The zero-order valence-corrected chi connectivity index (χ0v) is 12.0. The molecular formula is C14H10BrClF2O. The zero-order chi connectivity index (χ0) is 14.0. The molecule has 5 heteroatoms. The van der Waals surface area contributed by atoms with Gasteiger partial charge in [0.05, 0.1) is 11.1 Å². The van der Waals surface area contributed by atoms with Gasteiger partial charge >= 0.3 is 0 Å². The van der Waals surface area contributed by atoms with Crippen molar-refractivity contribution in [1.29, 1.82) is 0 Å². The number of halogens is 4. The molecule has 19 heavy (non-hydrogen) atoms. The van der Waals surface area contributed by atoms with Gasteiger partial charge in [-0.2, -0.15) is 0 Å². The Hall–Kier alpha value is -0.970. The Labute approximate surface area is 123 Å². The number of aliphatic hydroxyl groups is 1. The summed E-state index contributed by atoms with van der Waals surface area (Å²) in [4.78, 5) is 0. The van der Waals surface area contributed by atoms with Crippen LogP contribution in [0.1, 0.15) is 17.2 Å². The standard InChI is InChI=1S/C14H10BrClF2O/c15-12-6-9(1-2-13(12)16)14(19)5-8-3-10(17)7-11(18)4-8/h1-4,6-7,14,19H,5H2. The van der Waals surface area contributed by atoms with E-state index in [0.717, 1.165) is 6.07 Å². The van der Waals surface area contributed by atoms with E-state index in [-0.39, 0.29) is 6.42 Å². The number of hydrogen-bond donors (Lipinski definition) is 1. The van der Waals surface area contributed by atoms with Gasteiger partial charge in [-0.25, -0.2) is 8.78 Å². The molecule has 0 bridgehead atoms. The number of benzene rings is 2. The SMILES string of the molecule is OC(Cc1cc(F)cc(F)c1)c1ccc(Cl)c(Br)c1. The van der Waals surface area contributed by atoms with E-state index in [1.807, 2.05) is 0 Å². The van der Waals surface area contributed by atoms with Gasteiger partial charge in [-0.3, -0.25) is 0 Å². The van der Waals surface area contributed by atoms with Crippen molar-refractivity contribution in [3.63, 3.8) is 0 Å². The van der Waals surface area contributed by atoms with E-state index < -0.39 is 17.7 Å². The van der Waals surface area contributed by atoms with Crippen molar-refractivity contribution in [2.24, 2.45) is 0 Å². The smallest absolute Gasteiger partial charge is 0.126 e. The molecule has 0 aliphatic carbocycles. The highest BCUT2D eigenvalue weighted by Gasteiger charge is 2.11. The van der Waals surface area contributed by atoms with Gasteiger partial charge in [0.25, 0.3) is 0 Å². The third-order valence-electron chi connectivity index (χ3n) is 2.68. The van der Waals surface area contributed by atoms with Crippen LogP contribution in [0, 0.1) is 11.6 Å². The second-order valence-electron chi connectivity index (χ2n) is 4.17. The Morgan fingerprint density at radius 2 is 1.74 bits per heavy atom. The van der Waals surface area contributed by atoms with Gasteiger partial charge in [0.2, 0.25) is 0 Å². The van der Waals surface area contributed by atoms with Crippen LogP contribution in [-0.2, 0) is 6.42 Å². The van der Waals surface area contributed by atoms with Crippen molar-refractivity contribution in [1.82, 2.24) is 0 Å². The van der Waals surface area contributed by atoms with Crippen molar-refractivity contribution in [2.45, 2.75) is 12.5 Å². The van der Waals surface area contributed by atoms with Crippen LogP contribution in [0.25, 0.3) is 0 Å². The first kappa shape index (κ1) is 14.4. The van der Waals surface area contributed by atoms with E-state index in [0.29, 0.717) is 20.6 Å². The highest BCUT2D eigenvalue weighted by molar-refractivity contribution is 9.10. The van der Waals surface area contributed by atoms with Crippen LogP contribution in [0.2, 0.25) is 5.02 Å². The van der Waals surface area contributed by atoms with Crippen LogP contribution in [0.4, 0.5) is 8.78 Å². The first-order valence-corrected chi connectivity index (χ1v) is 6.71. The Balaban J connectivity index is 2.20. The van der Waals surface area contributed by atoms with Crippen LogP contribution in [-0.4, -0.2) is 5.11 Å². The summed E-state index contributed by atoms with van der Waals surface area (Å²) in [5, 5.41) is 10.6. The summed E-state index contributed by atoms with van der Waals surface area (Å²) >= 11 is 9.12. The fraction of sp³-hybridized carbons (Fsp3) is 0.143. The summed E-state index contributed by atoms with van der Waals surface area (Å²) in [6.45, 7) is 0. The van der Waals surface area contributed by atoms with E-state index in [9.17, 15) is 13.9 Å². The summed E-state index contributed by atoms with van der Waals surface area (Å²) in [7, 11) is 0. The molecule has 0 aliphatic rings. The largest absolute Gasteiger partial charge is 0.388 e. The first-order valence-electron chi connectivity index (χ1n) is 5.53. The molecule has 0 amide bonds. The average molecular weight is 348 g/mol. The van der Waals surface area contributed by atoms with Crippen molar-refractivity contribution in [3.8, 4) is 0 Å². The lowest BCUT2D eigenvalue weighted by molar-refractivity contribution is 0.178. The zero-order valence-electron chi connectivity index (χ0n) is 9.71. The minimum absolute atomic E-state index is 0.128. The molecule has 0 spiro atoms. The van der Waals surface area contributed by atoms with E-state index in [1.165, 1.54) is 12.1 Å². The molecule has 2 rings (SSSR count). The fourth-order valence-corrected chi connectivity index (χ4v) is 2.30. The molecule has 0 saturated carbocycles. The van der Waals surface area contributed by atoms with Crippen LogP contribution < -0.4 is 0 Å². The second kappa shape index (κ2) is 5.99. The topological polar surface area (TPSA) is 20.2 Å². The predicted octanol–water partition coefficient (Wildman–Crippen LogP) is 4.66. The number of hydrogen-bond acceptors (Lipinski definition) is 1. The molecule has 2 aromatic rings. The quantitative estimate of drug-likeness (QED) is 0.856. The van der Waals surface area contributed by atoms with Crippen LogP contribution >= 0.6 is 27.5 Å². The molecule has 0 fully saturated rings. The molecule has 0 heterocycles. The highest BCUT2D eigenvalue weighted by Crippen LogP contribution is 2.27. The molecule has 1 atom stereocenters. The van der Waals surface area contributed by atoms with Gasteiger partial charge < -0.3 is 5.11 Å². The molecule has 1 unspecified atom stereocenters. The van der Waals surface area contributed by atoms with Crippen molar-refractivity contribution in [3.05, 3.63) is 68.7 Å². The molecule has 100 valence electrons. The number of aliphatic hydroxyl groups excluding tert-OH is 1. The van der Waals surface area contributed by atoms with Gasteiger partial charge in [-0.05, 0) is 51.3 Å². The molecule has 2 aromatic carbocycles. The van der Waals surface area contributed by atoms with Crippen LogP contribution in [0.3, 0.4) is 0 Å². The third kappa shape index (κ3) is 3.75. The van der Waals surface area contributed by atoms with Gasteiger partial charge in [0.1, 0.15) is 11.6 Å². The lowest BCUT2D eigenvalue weighted by atomic mass is 10.0. The highest BCUT2D eigenvalue weighted by atomic mass is 79.9. The van der Waals surface area contributed by atoms with Gasteiger partial charge in [-0.1, -0.05) is 17.7 Å². The lowest BCUT2D eigenvalue weighted by Crippen LogP contribution is -2.02. The van der Waals surface area contributed by atoms with E-state index in [1.54, 1.807) is 18.2 Å². The molecule has 0 aromatic heterocycles. The van der Waals surface area contributed by atoms with Crippen LogP contribution in [0.5, 0.6) is 0 Å². The van der Waals surface area contributed by atoms with Crippen molar-refractivity contribution >= 4 is 27.5 Å². The predicted molar refractivity (Wildman–Crippen MR) is 74.2 cm³/mol. The van der Waals surface area contributed by atoms with E-state index in [4.69, 9.17) is 11.6 Å². The third-order valence-corrected chi connectivity index (χ3v) is 3.89. The van der Waals surface area contributed by atoms with Crippen LogP contribution in [0.15, 0.2) is 40.9 Å². The minimum Gasteiger partial charge on any atom is -0.388 e. The van der Waals surface area contributed by atoms with Gasteiger partial charge in [0.15, 0.2) is 0 Å². The molecule has 1 N–H and O–H groups in total. The molecule has 0 aliphatic heterocycles. The summed E-state index contributed by atoms with van der Waals surface area (Å²) in [5.74, 6) is -1.31. The summed E-state index contributed by atoms with van der Waals surface area (Å²) in [6, 6.07) is 8.22. The Bertz CT molecular complexity index is 584. The Morgan fingerprint density at radius 3 is 2.32 bits per heavy atom. The van der Waals surface area contributed by atoms with Crippen molar-refractivity contribution in [2.75, 3.05) is 0 Å². The maximum Gasteiger partial charge on any atom is 0.126 e. The normalized spacial score (nSPS) is 12.5. The molecular weight excluding hydrogens is 338 g/mol. The summed E-state index contributed by atoms with van der Waals surface area (Å²) in [5.41, 5.74) is 1.03. The second-order valence-corrected chi connectivity index (χ2v) is 5.43. The van der Waals surface area contributed by atoms with Gasteiger partial charge in [0, 0.05) is 17.0 Å². The molecule has 0 saturated heterocycles. The maximum absolute atomic E-state index is 13.1. The summed E-state index contributed by atoms with van der Waals surface area (Å²) in [6.07, 6.45) is -0.724. The first-order chi connectivity index (χ1) is 8.95. The fourth-order valence-electron chi connectivity index (χ4n) is 1.79.